The monoisotopic (exact) mass is 601 g/mol. The number of anilines is 2. The van der Waals surface area contributed by atoms with E-state index in [2.05, 4.69) is 27.1 Å². The standard InChI is InChI=1S/C33H35N3O6S/c1-24-30(35-43(2,40)41)9-6-10-31(24)36(22-26-7-4-3-5-8-26)23-27-13-18-29(19-14-27)42-28-16-11-25(12-17-28)15-20-32(37)34-21-33(38)39/h3-14,16-19,35H,15,20-23H2,1-2H3,(H,34,37)(H,38,39). The van der Waals surface area contributed by atoms with Crippen LogP contribution in [0.5, 0.6) is 11.5 Å². The van der Waals surface area contributed by atoms with Crippen LogP contribution in [0.3, 0.4) is 0 Å². The number of carbonyl (C=O) groups is 2. The third kappa shape index (κ3) is 9.89. The van der Waals surface area contributed by atoms with Gasteiger partial charge in [0.05, 0.1) is 11.9 Å². The fraction of sp³-hybridized carbons (Fsp3) is 0.212. The molecule has 0 fully saturated rings. The van der Waals surface area contributed by atoms with Crippen molar-refractivity contribution in [3.05, 3.63) is 119 Å². The summed E-state index contributed by atoms with van der Waals surface area (Å²) in [6, 6.07) is 31.0. The van der Waals surface area contributed by atoms with E-state index in [1.807, 2.05) is 85.8 Å². The molecule has 0 radical (unpaired) electrons. The molecule has 224 valence electrons. The summed E-state index contributed by atoms with van der Waals surface area (Å²) in [5.41, 5.74) is 5.45. The van der Waals surface area contributed by atoms with Crippen LogP contribution in [0, 0.1) is 6.92 Å². The van der Waals surface area contributed by atoms with Gasteiger partial charge in [0.15, 0.2) is 0 Å². The van der Waals surface area contributed by atoms with Gasteiger partial charge >= 0.3 is 5.97 Å². The van der Waals surface area contributed by atoms with Crippen molar-refractivity contribution in [1.29, 1.82) is 0 Å². The molecule has 0 aliphatic heterocycles. The molecule has 4 rings (SSSR count). The van der Waals surface area contributed by atoms with E-state index >= 15 is 0 Å². The average Bonchev–Trinajstić information content (AvgIpc) is 2.97. The van der Waals surface area contributed by atoms with E-state index < -0.39 is 16.0 Å². The fourth-order valence-electron chi connectivity index (χ4n) is 4.57. The molecule has 0 saturated carbocycles. The Bertz CT molecular complexity index is 1640. The molecule has 0 unspecified atom stereocenters. The van der Waals surface area contributed by atoms with Gasteiger partial charge in [-0.2, -0.15) is 0 Å². The maximum atomic E-state index is 11.9. The summed E-state index contributed by atoms with van der Waals surface area (Å²) in [6.45, 7) is 2.76. The van der Waals surface area contributed by atoms with Gasteiger partial charge < -0.3 is 20.1 Å². The van der Waals surface area contributed by atoms with Gasteiger partial charge in [-0.1, -0.05) is 60.7 Å². The van der Waals surface area contributed by atoms with Crippen LogP contribution in [0.15, 0.2) is 97.1 Å². The average molecular weight is 602 g/mol. The molecule has 10 heteroatoms. The zero-order valence-corrected chi connectivity index (χ0v) is 24.9. The van der Waals surface area contributed by atoms with Crippen molar-refractivity contribution in [2.75, 3.05) is 22.4 Å². The van der Waals surface area contributed by atoms with Gasteiger partial charge in [-0.3, -0.25) is 14.3 Å². The second-order valence-corrected chi connectivity index (χ2v) is 12.0. The molecule has 3 N–H and O–H groups in total. The van der Waals surface area contributed by atoms with E-state index in [-0.39, 0.29) is 18.9 Å². The van der Waals surface area contributed by atoms with Crippen molar-refractivity contribution >= 4 is 33.3 Å². The molecule has 4 aromatic carbocycles. The molecular formula is C33H35N3O6S. The minimum absolute atomic E-state index is 0.203. The number of benzene rings is 4. The first-order valence-corrected chi connectivity index (χ1v) is 15.7. The van der Waals surface area contributed by atoms with Gasteiger partial charge in [-0.25, -0.2) is 8.42 Å². The molecule has 1 amide bonds. The molecular weight excluding hydrogens is 566 g/mol. The van der Waals surface area contributed by atoms with Gasteiger partial charge in [-0.15, -0.1) is 0 Å². The summed E-state index contributed by atoms with van der Waals surface area (Å²) < 4.78 is 32.5. The second kappa shape index (κ2) is 14.4. The van der Waals surface area contributed by atoms with Crippen LogP contribution in [0.25, 0.3) is 0 Å². The predicted molar refractivity (Wildman–Crippen MR) is 168 cm³/mol. The van der Waals surface area contributed by atoms with E-state index in [1.165, 1.54) is 0 Å². The highest BCUT2D eigenvalue weighted by Gasteiger charge is 2.15. The third-order valence-corrected chi connectivity index (χ3v) is 7.28. The van der Waals surface area contributed by atoms with Crippen LogP contribution in [0.1, 0.15) is 28.7 Å². The summed E-state index contributed by atoms with van der Waals surface area (Å²) in [6.07, 6.45) is 1.84. The number of carboxylic acid groups (broad SMARTS) is 1. The summed E-state index contributed by atoms with van der Waals surface area (Å²) >= 11 is 0. The quantitative estimate of drug-likeness (QED) is 0.174. The van der Waals surface area contributed by atoms with Crippen LogP contribution in [-0.4, -0.2) is 38.2 Å². The predicted octanol–water partition coefficient (Wildman–Crippen LogP) is 5.50. The first-order valence-electron chi connectivity index (χ1n) is 13.8. The van der Waals surface area contributed by atoms with Gasteiger partial charge in [-0.05, 0) is 72.0 Å². The first-order chi connectivity index (χ1) is 20.6. The number of sulfonamides is 1. The maximum Gasteiger partial charge on any atom is 0.322 e. The SMILES string of the molecule is Cc1c(NS(C)(=O)=O)cccc1N(Cc1ccccc1)Cc1ccc(Oc2ccc(CCC(=O)NCC(=O)O)cc2)cc1. The lowest BCUT2D eigenvalue weighted by molar-refractivity contribution is -0.137. The number of carbonyl (C=O) groups excluding carboxylic acids is 1. The zero-order valence-electron chi connectivity index (χ0n) is 24.1. The van der Waals surface area contributed by atoms with Crippen LogP contribution in [0.4, 0.5) is 11.4 Å². The molecule has 0 aliphatic rings. The Morgan fingerprint density at radius 2 is 1.37 bits per heavy atom. The third-order valence-electron chi connectivity index (χ3n) is 6.69. The smallest absolute Gasteiger partial charge is 0.322 e. The van der Waals surface area contributed by atoms with Gasteiger partial charge in [0, 0.05) is 25.2 Å². The second-order valence-electron chi connectivity index (χ2n) is 10.2. The minimum atomic E-state index is -3.42. The maximum absolute atomic E-state index is 11.9. The van der Waals surface area contributed by atoms with Crippen LogP contribution >= 0.6 is 0 Å². The molecule has 0 spiro atoms. The molecule has 0 aliphatic carbocycles. The Balaban J connectivity index is 1.43. The Hall–Kier alpha value is -4.83. The van der Waals surface area contributed by atoms with Gasteiger partial charge in [0.1, 0.15) is 18.0 Å². The number of ether oxygens (including phenoxy) is 1. The van der Waals surface area contributed by atoms with Gasteiger partial charge in [0.25, 0.3) is 0 Å². The molecule has 43 heavy (non-hydrogen) atoms. The Labute approximate surface area is 252 Å². The summed E-state index contributed by atoms with van der Waals surface area (Å²) in [5.74, 6) is -0.0478. The lowest BCUT2D eigenvalue weighted by atomic mass is 10.1. The van der Waals surface area contributed by atoms with E-state index in [9.17, 15) is 18.0 Å². The van der Waals surface area contributed by atoms with Crippen molar-refractivity contribution < 1.29 is 27.9 Å². The highest BCUT2D eigenvalue weighted by atomic mass is 32.2. The van der Waals surface area contributed by atoms with Crippen LogP contribution < -0.4 is 19.7 Å². The molecule has 0 atom stereocenters. The number of aryl methyl sites for hydroxylation is 1. The van der Waals surface area contributed by atoms with Crippen LogP contribution in [-0.2, 0) is 39.1 Å². The summed E-state index contributed by atoms with van der Waals surface area (Å²) in [7, 11) is -3.42. The van der Waals surface area contributed by atoms with Crippen molar-refractivity contribution in [2.24, 2.45) is 0 Å². The topological polar surface area (TPSA) is 125 Å². The van der Waals surface area contributed by atoms with E-state index in [0.717, 1.165) is 34.2 Å². The van der Waals surface area contributed by atoms with Crippen LogP contribution in [0.2, 0.25) is 0 Å². The van der Waals surface area contributed by atoms with E-state index in [4.69, 9.17) is 9.84 Å². The number of rotatable bonds is 14. The number of hydrogen-bond donors (Lipinski definition) is 3. The molecule has 0 saturated heterocycles. The van der Waals surface area contributed by atoms with Crippen molar-refractivity contribution in [2.45, 2.75) is 32.9 Å². The molecule has 0 heterocycles. The first kappa shape index (κ1) is 31.1. The highest BCUT2D eigenvalue weighted by Crippen LogP contribution is 2.30. The lowest BCUT2D eigenvalue weighted by Gasteiger charge is -2.28. The Kier molecular flexibility index (Phi) is 10.4. The van der Waals surface area contributed by atoms with Crippen molar-refractivity contribution in [3.8, 4) is 11.5 Å². The number of nitrogens with one attached hydrogen (secondary N) is 2. The number of amides is 1. The number of aliphatic carboxylic acids is 1. The molecule has 9 nitrogen and oxygen atoms in total. The lowest BCUT2D eigenvalue weighted by Crippen LogP contribution is -2.29. The molecule has 0 aromatic heterocycles. The summed E-state index contributed by atoms with van der Waals surface area (Å²) in [5, 5.41) is 11.0. The largest absolute Gasteiger partial charge is 0.480 e. The van der Waals surface area contributed by atoms with Crippen molar-refractivity contribution in [3.63, 3.8) is 0 Å². The Morgan fingerprint density at radius 3 is 1.95 bits per heavy atom. The normalized spacial score (nSPS) is 11.0. The summed E-state index contributed by atoms with van der Waals surface area (Å²) in [4.78, 5) is 24.5. The van der Waals surface area contributed by atoms with E-state index in [0.29, 0.717) is 36.7 Å². The number of hydrogen-bond acceptors (Lipinski definition) is 6. The zero-order chi connectivity index (χ0) is 30.8. The van der Waals surface area contributed by atoms with E-state index in [1.54, 1.807) is 6.07 Å². The highest BCUT2D eigenvalue weighted by molar-refractivity contribution is 7.92. The van der Waals surface area contributed by atoms with Crippen molar-refractivity contribution in [1.82, 2.24) is 5.32 Å². The Morgan fingerprint density at radius 1 is 0.791 bits per heavy atom. The minimum Gasteiger partial charge on any atom is -0.480 e. The molecule has 4 aromatic rings. The number of nitrogens with zero attached hydrogens (tertiary/aromatic N) is 1. The number of carboxylic acids is 1. The molecule has 0 bridgehead atoms. The van der Waals surface area contributed by atoms with Gasteiger partial charge in [0.2, 0.25) is 15.9 Å². The fourth-order valence-corrected chi connectivity index (χ4v) is 5.19.